The van der Waals surface area contributed by atoms with Crippen LogP contribution in [-0.4, -0.2) is 167 Å². The monoisotopic (exact) mass is 1620 g/mol. The van der Waals surface area contributed by atoms with Gasteiger partial charge in [-0.25, -0.2) is 28.8 Å². The molecule has 23 nitrogen and oxygen atoms in total. The third-order valence-corrected chi connectivity index (χ3v) is 19.4. The first-order valence-electron chi connectivity index (χ1n) is 37.5. The van der Waals surface area contributed by atoms with Gasteiger partial charge in [0.25, 0.3) is 0 Å². The molecule has 3 heterocycles. The van der Waals surface area contributed by atoms with E-state index in [1.807, 2.05) is 103 Å². The standard InChI is InChI=1S/C91H85BrO23/c1-99-70-49-47-63(48-50-70)56-103-77-74(102-54-61-31-13-3-14-32-61)71(57-100-53-60-29-11-2-12-30-60)108-90(80(77)104-55-62-33-15-4-16-34-62)114-76-73(59-106-84(94)65-37-19-6-20-38-65)109-91(82(113-88(98)69-45-27-10-28-46-69)79(76)111-86(96)67-41-23-8-24-42-67)115-75-72(58-105-83(93)64-35-17-5-18-36-64)107-89(101-52-51-92)81(112-87(97)68-43-25-9-26-44-68)78(75)110-85(95)66-39-21-7-22-40-66/h2-50,71-82,89-91H,51-59H2,1H3/t71-,72-,73-,74+,75-,76+,77+,78+,79+,80-,81-,82-,89-,90-,91+/m1/s1. The van der Waals surface area contributed by atoms with Crippen molar-refractivity contribution in [2.75, 3.05) is 38.9 Å². The number of rotatable bonds is 35. The van der Waals surface area contributed by atoms with E-state index in [0.29, 0.717) is 5.75 Å². The Morgan fingerprint density at radius 1 is 0.287 bits per heavy atom. The topological polar surface area (TPSA) is 259 Å². The molecule has 0 amide bonds. The Morgan fingerprint density at radius 2 is 0.583 bits per heavy atom. The van der Waals surface area contributed by atoms with Crippen molar-refractivity contribution in [1.29, 1.82) is 0 Å². The second-order valence-electron chi connectivity index (χ2n) is 26.9. The largest absolute Gasteiger partial charge is 0.497 e. The van der Waals surface area contributed by atoms with Crippen molar-refractivity contribution in [3.05, 3.63) is 353 Å². The van der Waals surface area contributed by atoms with E-state index in [1.54, 1.807) is 141 Å². The highest BCUT2D eigenvalue weighted by atomic mass is 79.9. The fourth-order valence-electron chi connectivity index (χ4n) is 13.3. The van der Waals surface area contributed by atoms with Crippen molar-refractivity contribution >= 4 is 51.7 Å². The average Bonchev–Trinajstić information content (AvgIpc) is 0.754. The summed E-state index contributed by atoms with van der Waals surface area (Å²) in [6.45, 7) is -1.67. The van der Waals surface area contributed by atoms with Crippen LogP contribution < -0.4 is 4.74 Å². The maximum Gasteiger partial charge on any atom is 0.338 e. The van der Waals surface area contributed by atoms with Crippen LogP contribution in [0.25, 0.3) is 0 Å². The molecule has 3 fully saturated rings. The molecule has 0 aromatic heterocycles. The first kappa shape index (κ1) is 81.9. The molecular formula is C91H85BrO23. The predicted molar refractivity (Wildman–Crippen MR) is 419 cm³/mol. The van der Waals surface area contributed by atoms with E-state index >= 15 is 14.4 Å². The summed E-state index contributed by atoms with van der Waals surface area (Å²) >= 11 is 3.44. The molecule has 0 bridgehead atoms. The Kier molecular flexibility index (Phi) is 29.8. The van der Waals surface area contributed by atoms with Gasteiger partial charge in [-0.05, 0) is 107 Å². The van der Waals surface area contributed by atoms with Gasteiger partial charge in [-0.15, -0.1) is 0 Å². The van der Waals surface area contributed by atoms with Gasteiger partial charge in [0.2, 0.25) is 0 Å². The van der Waals surface area contributed by atoms with Crippen molar-refractivity contribution in [1.82, 2.24) is 0 Å². The van der Waals surface area contributed by atoms with Gasteiger partial charge in [-0.3, -0.25) is 0 Å². The van der Waals surface area contributed by atoms with Gasteiger partial charge in [0.05, 0.1) is 80.1 Å². The van der Waals surface area contributed by atoms with E-state index in [-0.39, 0.29) is 78.4 Å². The van der Waals surface area contributed by atoms with E-state index in [0.717, 1.165) is 22.3 Å². The summed E-state index contributed by atoms with van der Waals surface area (Å²) in [7, 11) is 1.57. The van der Waals surface area contributed by atoms with Crippen LogP contribution in [0.3, 0.4) is 0 Å². The molecule has 0 spiro atoms. The van der Waals surface area contributed by atoms with Crippen LogP contribution in [0.4, 0.5) is 0 Å². The second-order valence-corrected chi connectivity index (χ2v) is 27.7. The van der Waals surface area contributed by atoms with Crippen molar-refractivity contribution in [2.45, 2.75) is 119 Å². The molecule has 0 unspecified atom stereocenters. The minimum atomic E-state index is -2.13. The summed E-state index contributed by atoms with van der Waals surface area (Å²) in [5, 5.41) is 0.218. The zero-order valence-corrected chi connectivity index (χ0v) is 64.2. The molecule has 10 aromatic carbocycles. The summed E-state index contributed by atoms with van der Waals surface area (Å²) in [4.78, 5) is 89.8. The SMILES string of the molecule is COc1ccc(CO[C@H]2[C@@H](OCc3ccccc3)[C@@H](COCc3ccccc3)O[C@H](O[C@@H]3[C@H](OC(=O)c4ccccc4)[C@@H](OC(=O)c4ccccc4)[C@H](O[C@H]4[C@H](OC(=O)c5ccccc5)[C@@H](OC(=O)c5ccccc5)[C@H](OCCBr)O[C@@H]4COC(=O)c4ccccc4)O[C@@H]3COC(=O)c3ccccc3)[C@@H]2OCc2ccccc2)cc1. The van der Waals surface area contributed by atoms with Gasteiger partial charge in [-0.2, -0.15) is 0 Å². The number of halogens is 1. The van der Waals surface area contributed by atoms with E-state index in [1.165, 1.54) is 60.7 Å². The third-order valence-electron chi connectivity index (χ3n) is 19.1. The molecule has 24 heteroatoms. The lowest BCUT2D eigenvalue weighted by Crippen LogP contribution is -2.68. The van der Waals surface area contributed by atoms with Crippen LogP contribution in [0.15, 0.2) is 297 Å². The summed E-state index contributed by atoms with van der Waals surface area (Å²) in [5.74, 6) is -4.97. The van der Waals surface area contributed by atoms with Gasteiger partial charge in [0, 0.05) is 5.33 Å². The Balaban J connectivity index is 0.988. The van der Waals surface area contributed by atoms with Crippen LogP contribution in [0, 0.1) is 0 Å². The number of carbonyl (C=O) groups is 6. The maximum atomic E-state index is 15.6. The lowest BCUT2D eigenvalue weighted by molar-refractivity contribution is -0.382. The highest BCUT2D eigenvalue weighted by Gasteiger charge is 2.60. The molecule has 3 aliphatic rings. The molecule has 10 aromatic rings. The van der Waals surface area contributed by atoms with Gasteiger partial charge in [0.1, 0.15) is 67.8 Å². The van der Waals surface area contributed by atoms with Gasteiger partial charge in [0.15, 0.2) is 43.3 Å². The molecule has 594 valence electrons. The highest BCUT2D eigenvalue weighted by Crippen LogP contribution is 2.40. The third kappa shape index (κ3) is 22.5. The highest BCUT2D eigenvalue weighted by molar-refractivity contribution is 9.09. The molecule has 0 saturated carbocycles. The number of carbonyl (C=O) groups excluding carboxylic acids is 6. The molecule has 0 N–H and O–H groups in total. The molecule has 15 atom stereocenters. The second kappa shape index (κ2) is 41.8. The quantitative estimate of drug-likeness (QED) is 0.0203. The minimum Gasteiger partial charge on any atom is -0.497 e. The number of alkyl halides is 1. The van der Waals surface area contributed by atoms with Gasteiger partial charge < -0.3 is 80.5 Å². The van der Waals surface area contributed by atoms with Crippen molar-refractivity contribution < 1.29 is 109 Å². The van der Waals surface area contributed by atoms with Gasteiger partial charge >= 0.3 is 35.8 Å². The van der Waals surface area contributed by atoms with Crippen LogP contribution in [-0.2, 0) is 102 Å². The minimum absolute atomic E-state index is 0.00598. The lowest BCUT2D eigenvalue weighted by Gasteiger charge is -2.51. The van der Waals surface area contributed by atoms with E-state index in [2.05, 4.69) is 15.9 Å². The number of hydrogen-bond donors (Lipinski definition) is 0. The molecule has 3 aliphatic heterocycles. The fourth-order valence-corrected chi connectivity index (χ4v) is 13.5. The molecule has 115 heavy (non-hydrogen) atoms. The van der Waals surface area contributed by atoms with E-state index in [4.69, 9.17) is 80.5 Å². The normalized spacial score (nSPS) is 23.1. The Hall–Kier alpha value is -11.1. The lowest BCUT2D eigenvalue weighted by atomic mass is 9.94. The summed E-state index contributed by atoms with van der Waals surface area (Å²) in [5.41, 5.74) is 3.49. The molecule has 0 aliphatic carbocycles. The maximum absolute atomic E-state index is 15.6. The molecule has 0 radical (unpaired) electrons. The Labute approximate surface area is 673 Å². The summed E-state index contributed by atoms with van der Waals surface area (Å²) in [6, 6.07) is 83.6. The number of esters is 6. The summed E-state index contributed by atoms with van der Waals surface area (Å²) < 4.78 is 115. The van der Waals surface area contributed by atoms with Crippen LogP contribution in [0.2, 0.25) is 0 Å². The average molecular weight is 1630 g/mol. The molecule has 13 rings (SSSR count). The number of methoxy groups -OCH3 is 1. The number of ether oxygens (including phenoxy) is 17. The van der Waals surface area contributed by atoms with E-state index in [9.17, 15) is 14.4 Å². The smallest absolute Gasteiger partial charge is 0.338 e. The van der Waals surface area contributed by atoms with Crippen molar-refractivity contribution in [3.8, 4) is 5.75 Å². The van der Waals surface area contributed by atoms with Crippen molar-refractivity contribution in [2.24, 2.45) is 0 Å². The number of benzene rings is 10. The summed E-state index contributed by atoms with van der Waals surface area (Å²) in [6.07, 6.45) is -24.8. The Bertz CT molecular complexity index is 4670. The van der Waals surface area contributed by atoms with Crippen LogP contribution in [0.1, 0.15) is 84.4 Å². The first-order chi connectivity index (χ1) is 56.4. The van der Waals surface area contributed by atoms with Crippen molar-refractivity contribution in [3.63, 3.8) is 0 Å². The van der Waals surface area contributed by atoms with Crippen LogP contribution in [0.5, 0.6) is 5.75 Å². The fraction of sp³-hybridized carbons (Fsp3) is 0.275. The van der Waals surface area contributed by atoms with Gasteiger partial charge in [-0.1, -0.05) is 228 Å². The zero-order chi connectivity index (χ0) is 79.5. The predicted octanol–water partition coefficient (Wildman–Crippen LogP) is 13.9. The molecule has 3 saturated heterocycles. The van der Waals surface area contributed by atoms with E-state index < -0.39 is 141 Å². The number of hydrogen-bond acceptors (Lipinski definition) is 23. The first-order valence-corrected chi connectivity index (χ1v) is 38.7. The molecular weight excluding hydrogens is 1540 g/mol. The zero-order valence-electron chi connectivity index (χ0n) is 62.6. The van der Waals surface area contributed by atoms with Crippen LogP contribution >= 0.6 is 15.9 Å². The Morgan fingerprint density at radius 3 is 0.957 bits per heavy atom.